The van der Waals surface area contributed by atoms with Crippen molar-refractivity contribution in [2.24, 2.45) is 0 Å². The Morgan fingerprint density at radius 2 is 0.403 bits per heavy atom. The molecular formula is C119H72N10. The van der Waals surface area contributed by atoms with Gasteiger partial charge in [-0.1, -0.05) is 376 Å². The molecule has 0 radical (unpaired) electrons. The zero-order valence-electron chi connectivity index (χ0n) is 69.5. The van der Waals surface area contributed by atoms with Crippen molar-refractivity contribution in [3.05, 3.63) is 437 Å². The zero-order chi connectivity index (χ0) is 84.7. The molecule has 6 aromatic heterocycles. The minimum atomic E-state index is 0.591. The Labute approximate surface area is 741 Å². The van der Waals surface area contributed by atoms with E-state index in [0.717, 1.165) is 50.2 Å². The molecule has 6 heterocycles. The van der Waals surface area contributed by atoms with Crippen molar-refractivity contribution in [2.45, 2.75) is 0 Å². The SMILES string of the molecule is c1ccc(-c2cc(-c3ccccc3)nc(-n3cc4c5c(cccc53)-c3c(c5ccccc5c5ccccc35)-c3ccccc3-4)n2)cc1.c1ccc(-c2nc(-c3ccccc3)nc(-n3cc4c5c(cccc53)-c3c(c5ccccc5c5ccccc35)-c3ccccc3-4)n2)cc1.c1cnc(-n2cc3c4c(cccc42)-c2c(c4ccccc4c4ccccc24)-c2ccccc2-3)nc1. The highest BCUT2D eigenvalue weighted by Gasteiger charge is 2.33. The lowest BCUT2D eigenvalue weighted by Crippen LogP contribution is -2.05. The van der Waals surface area contributed by atoms with Crippen LogP contribution in [0.5, 0.6) is 0 Å². The highest BCUT2D eigenvalue weighted by Crippen LogP contribution is 2.58. The maximum absolute atomic E-state index is 5.21. The quantitative estimate of drug-likeness (QED) is 0.146. The predicted octanol–water partition coefficient (Wildman–Crippen LogP) is 30.2. The van der Waals surface area contributed by atoms with Crippen molar-refractivity contribution in [3.63, 3.8) is 0 Å². The van der Waals surface area contributed by atoms with Gasteiger partial charge in [0.15, 0.2) is 11.6 Å². The van der Waals surface area contributed by atoms with Gasteiger partial charge >= 0.3 is 0 Å². The smallest absolute Gasteiger partial charge is 0.238 e. The Bertz CT molecular complexity index is 8430. The molecule has 0 fully saturated rings. The van der Waals surface area contributed by atoms with Crippen LogP contribution in [0, 0.1) is 0 Å². The molecule has 0 bridgehead atoms. The van der Waals surface area contributed by atoms with Gasteiger partial charge in [0.2, 0.25) is 17.8 Å². The first-order valence-corrected chi connectivity index (χ1v) is 43.7. The molecule has 0 saturated carbocycles. The van der Waals surface area contributed by atoms with Crippen LogP contribution < -0.4 is 0 Å². The lowest BCUT2D eigenvalue weighted by molar-refractivity contribution is 0.934. The zero-order valence-corrected chi connectivity index (χ0v) is 69.5. The van der Waals surface area contributed by atoms with Gasteiger partial charge in [-0.05, 0) is 178 Å². The Kier molecular flexibility index (Phi) is 16.8. The van der Waals surface area contributed by atoms with Gasteiger partial charge < -0.3 is 0 Å². The van der Waals surface area contributed by atoms with Crippen LogP contribution in [0.4, 0.5) is 0 Å². The van der Waals surface area contributed by atoms with E-state index in [1.165, 1.54) is 181 Å². The van der Waals surface area contributed by atoms with Crippen LogP contribution in [0.15, 0.2) is 437 Å². The Morgan fingerprint density at radius 3 is 0.713 bits per heavy atom. The molecule has 0 spiro atoms. The second-order valence-electron chi connectivity index (χ2n) is 33.2. The van der Waals surface area contributed by atoms with Crippen LogP contribution in [-0.2, 0) is 0 Å². The van der Waals surface area contributed by atoms with Crippen LogP contribution in [0.2, 0.25) is 0 Å². The fourth-order valence-corrected chi connectivity index (χ4v) is 20.9. The van der Waals surface area contributed by atoms with Gasteiger partial charge in [-0.2, -0.15) is 9.97 Å². The third-order valence-electron chi connectivity index (χ3n) is 26.3. The van der Waals surface area contributed by atoms with E-state index >= 15 is 0 Å². The summed E-state index contributed by atoms with van der Waals surface area (Å²) >= 11 is 0. The van der Waals surface area contributed by atoms with Gasteiger partial charge in [0.1, 0.15) is 0 Å². The predicted molar refractivity (Wildman–Crippen MR) is 531 cm³/mol. The fourth-order valence-electron chi connectivity index (χ4n) is 20.9. The van der Waals surface area contributed by atoms with E-state index in [1.807, 2.05) is 78.9 Å². The average molecular weight is 1640 g/mol. The van der Waals surface area contributed by atoms with Crippen molar-refractivity contribution in [2.75, 3.05) is 0 Å². The van der Waals surface area contributed by atoms with Crippen molar-refractivity contribution in [1.82, 2.24) is 48.6 Å². The molecule has 10 heteroatoms. The largest absolute Gasteiger partial charge is 0.285 e. The van der Waals surface area contributed by atoms with Crippen molar-refractivity contribution in [1.29, 1.82) is 0 Å². The van der Waals surface area contributed by atoms with Crippen molar-refractivity contribution in [3.8, 4) is 163 Å². The van der Waals surface area contributed by atoms with Gasteiger partial charge in [0.05, 0.1) is 27.9 Å². The minimum absolute atomic E-state index is 0.591. The number of aromatic nitrogens is 10. The number of benzene rings is 19. The van der Waals surface area contributed by atoms with E-state index in [-0.39, 0.29) is 0 Å². The van der Waals surface area contributed by atoms with Gasteiger partial charge in [-0.25, -0.2) is 24.9 Å². The second kappa shape index (κ2) is 29.6. The third-order valence-corrected chi connectivity index (χ3v) is 26.3. The van der Waals surface area contributed by atoms with Crippen LogP contribution in [-0.4, -0.2) is 48.6 Å². The van der Waals surface area contributed by atoms with E-state index in [0.29, 0.717) is 29.5 Å². The molecule has 28 rings (SSSR count). The summed E-state index contributed by atoms with van der Waals surface area (Å²) in [6, 6.07) is 144. The van der Waals surface area contributed by atoms with Crippen molar-refractivity contribution >= 4 is 97.3 Å². The summed E-state index contributed by atoms with van der Waals surface area (Å²) in [7, 11) is 0. The Morgan fingerprint density at radius 1 is 0.163 bits per heavy atom. The highest BCUT2D eigenvalue weighted by atomic mass is 15.2. The summed E-state index contributed by atoms with van der Waals surface area (Å²) in [6.07, 6.45) is 10.3. The molecule has 129 heavy (non-hydrogen) atoms. The van der Waals surface area contributed by atoms with Gasteiger partial charge in [0, 0.05) is 86.1 Å². The molecule has 3 aliphatic rings. The molecule has 0 unspecified atom stereocenters. The first-order chi connectivity index (χ1) is 64.1. The van der Waals surface area contributed by atoms with E-state index in [1.54, 1.807) is 12.4 Å². The van der Waals surface area contributed by atoms with Gasteiger partial charge in [-0.15, -0.1) is 0 Å². The fraction of sp³-hybridized carbons (Fsp3) is 0. The Balaban J connectivity index is 0.000000103. The topological polar surface area (TPSA) is 105 Å². The van der Waals surface area contributed by atoms with Crippen LogP contribution in [0.25, 0.3) is 261 Å². The molecule has 598 valence electrons. The summed E-state index contributed by atoms with van der Waals surface area (Å²) in [5.41, 5.74) is 31.4. The van der Waals surface area contributed by atoms with Crippen LogP contribution >= 0.6 is 0 Å². The third kappa shape index (κ3) is 11.6. The number of hydrogen-bond donors (Lipinski definition) is 0. The molecule has 0 N–H and O–H groups in total. The molecule has 19 aromatic carbocycles. The van der Waals surface area contributed by atoms with E-state index in [4.69, 9.17) is 24.9 Å². The number of hydrogen-bond acceptors (Lipinski definition) is 7. The van der Waals surface area contributed by atoms with E-state index in [2.05, 4.69) is 370 Å². The maximum Gasteiger partial charge on any atom is 0.238 e. The molecule has 0 saturated heterocycles. The summed E-state index contributed by atoms with van der Waals surface area (Å²) in [5, 5.41) is 18.9. The maximum atomic E-state index is 5.21. The number of fused-ring (bicyclic) bond motifs is 30. The van der Waals surface area contributed by atoms with Gasteiger partial charge in [-0.3, -0.25) is 13.7 Å². The molecule has 0 aliphatic heterocycles. The summed E-state index contributed by atoms with van der Waals surface area (Å²) in [4.78, 5) is 34.7. The molecule has 10 nitrogen and oxygen atoms in total. The van der Waals surface area contributed by atoms with E-state index < -0.39 is 0 Å². The van der Waals surface area contributed by atoms with Crippen molar-refractivity contribution < 1.29 is 0 Å². The van der Waals surface area contributed by atoms with Crippen LogP contribution in [0.3, 0.4) is 0 Å². The first-order valence-electron chi connectivity index (χ1n) is 43.7. The Hall–Kier alpha value is -17.5. The van der Waals surface area contributed by atoms with E-state index in [9.17, 15) is 0 Å². The normalized spacial score (nSPS) is 11.9. The standard InChI is InChI=1S/C44H27N3.C43H26N4.C32H19N3/c1-3-14-28(15-4-1)38-26-39(29-16-5-2-6-17-29)46-44(45-38)47-27-37-32-20-9-12-23-35(32)42-33-21-10-7-18-30(33)31-19-8-11-22-34(31)43(42)36-24-13-25-40(47)41(36)37;1-3-14-27(15-4-1)41-44-42(28-16-5-2-6-17-28)46-43(45-41)47-26-36-31-20-9-12-23-34(31)39-32-21-10-7-18-29(32)30-19-8-11-22-33(30)40(39)35-24-13-25-37(47)38(35)36;1-4-12-23-20(9-1)21-10-2-5-13-24(21)31-26-15-7-16-28-29(26)27(19-35(28)32-33-17-8-18-34-32)22-11-3-6-14-25(22)30(23)31/h1-27H;1-26H;1-19H. The molecule has 3 aliphatic carbocycles. The van der Waals surface area contributed by atoms with Crippen LogP contribution in [0.1, 0.15) is 0 Å². The molecule has 0 amide bonds. The number of nitrogens with zero attached hydrogens (tertiary/aromatic N) is 10. The molecule has 25 aromatic rings. The number of rotatable bonds is 7. The van der Waals surface area contributed by atoms with Gasteiger partial charge in [0.25, 0.3) is 0 Å². The second-order valence-corrected chi connectivity index (χ2v) is 33.2. The monoisotopic (exact) mass is 1640 g/mol. The first kappa shape index (κ1) is 73.1. The summed E-state index contributed by atoms with van der Waals surface area (Å²) in [5.74, 6) is 3.21. The lowest BCUT2D eigenvalue weighted by atomic mass is 9.85. The molecular weight excluding hydrogens is 1570 g/mol. The summed E-state index contributed by atoms with van der Waals surface area (Å²) < 4.78 is 6.47. The highest BCUT2D eigenvalue weighted by molar-refractivity contribution is 6.31. The minimum Gasteiger partial charge on any atom is -0.285 e. The lowest BCUT2D eigenvalue weighted by Gasteiger charge is -2.18. The summed E-state index contributed by atoms with van der Waals surface area (Å²) in [6.45, 7) is 0. The average Bonchev–Trinajstić information content (AvgIpc) is 1.57. The molecule has 0 atom stereocenters.